The van der Waals surface area contributed by atoms with Crippen molar-refractivity contribution in [2.45, 2.75) is 51.0 Å². The van der Waals surface area contributed by atoms with Gasteiger partial charge >= 0.3 is 5.97 Å². The molecule has 0 aromatic rings. The van der Waals surface area contributed by atoms with Crippen molar-refractivity contribution in [1.82, 2.24) is 0 Å². The molecule has 0 amide bonds. The predicted molar refractivity (Wildman–Crippen MR) is 78.3 cm³/mol. The van der Waals surface area contributed by atoms with Gasteiger partial charge in [0.25, 0.3) is 0 Å². The number of ether oxygens (including phenoxy) is 1. The van der Waals surface area contributed by atoms with E-state index in [1.54, 1.807) is 19.9 Å². The van der Waals surface area contributed by atoms with Gasteiger partial charge in [-0.1, -0.05) is 13.8 Å². The monoisotopic (exact) mass is 315 g/mol. The van der Waals surface area contributed by atoms with E-state index in [1.165, 1.54) is 6.92 Å². The molecule has 1 saturated heterocycles. The first-order valence-corrected chi connectivity index (χ1v) is 7.65. The minimum Gasteiger partial charge on any atom is -0.632 e. The number of nitrogens with zero attached hydrogens (tertiary/aromatic N) is 1. The van der Waals surface area contributed by atoms with E-state index in [9.17, 15) is 25.3 Å². The molecule has 0 aromatic carbocycles. The number of aliphatic hydroxyl groups is 3. The molecular weight excluding hydrogens is 290 g/mol. The van der Waals surface area contributed by atoms with Gasteiger partial charge in [0, 0.05) is 12.0 Å². The standard InChI is InChI=1S/C15H25NO6/c1-9(2)15(20,10(3)17)14(19)22-8-11-4-6-16(21)7-5-12(18)13(11)16/h4,9-10,12-13,17-18,20H,5-8H2,1-3H3/t10-,12-,13+,15+,16+/m0/s1. The third-order valence-electron chi connectivity index (χ3n) is 4.93. The topological polar surface area (TPSA) is 110 Å². The summed E-state index contributed by atoms with van der Waals surface area (Å²) in [5, 5.41) is 42.4. The maximum absolute atomic E-state index is 12.4. The minimum absolute atomic E-state index is 0.148. The SMILES string of the molecule is CC(C)[C@](O)(C(=O)OCC1=CC[N@@+]2([O-])CC[C@H](O)[C@@H]12)[C@H](C)O. The van der Waals surface area contributed by atoms with Gasteiger partial charge in [0.2, 0.25) is 0 Å². The van der Waals surface area contributed by atoms with Crippen LogP contribution in [0.3, 0.4) is 0 Å². The minimum atomic E-state index is -1.99. The average Bonchev–Trinajstić information content (AvgIpc) is 2.92. The second-order valence-electron chi connectivity index (χ2n) is 6.67. The summed E-state index contributed by atoms with van der Waals surface area (Å²) in [7, 11) is 0. The molecule has 2 aliphatic rings. The van der Waals surface area contributed by atoms with Crippen molar-refractivity contribution in [2.24, 2.45) is 5.92 Å². The summed E-state index contributed by atoms with van der Waals surface area (Å²) in [5.41, 5.74) is -1.40. The van der Waals surface area contributed by atoms with Crippen molar-refractivity contribution >= 4 is 5.97 Å². The third kappa shape index (κ3) is 2.68. The molecular formula is C15H25NO6. The highest BCUT2D eigenvalue weighted by atomic mass is 16.6. The van der Waals surface area contributed by atoms with Crippen LogP contribution in [-0.2, 0) is 9.53 Å². The van der Waals surface area contributed by atoms with E-state index in [4.69, 9.17) is 4.74 Å². The molecule has 0 unspecified atom stereocenters. The number of carbonyl (C=O) groups is 1. The number of rotatable bonds is 5. The first-order chi connectivity index (χ1) is 10.1. The molecule has 126 valence electrons. The molecule has 2 heterocycles. The van der Waals surface area contributed by atoms with Crippen LogP contribution in [0.15, 0.2) is 11.6 Å². The molecule has 0 aliphatic carbocycles. The maximum atomic E-state index is 12.4. The van der Waals surface area contributed by atoms with Gasteiger partial charge in [-0.15, -0.1) is 0 Å². The van der Waals surface area contributed by atoms with E-state index >= 15 is 0 Å². The fraction of sp³-hybridized carbons (Fsp3) is 0.800. The molecule has 0 bridgehead atoms. The van der Waals surface area contributed by atoms with Gasteiger partial charge < -0.3 is 29.9 Å². The molecule has 0 aromatic heterocycles. The van der Waals surface area contributed by atoms with Gasteiger partial charge in [0.05, 0.1) is 19.2 Å². The number of esters is 1. The Bertz CT molecular complexity index is 467. The normalized spacial score (nSPS) is 35.0. The molecule has 5 atom stereocenters. The second-order valence-corrected chi connectivity index (χ2v) is 6.67. The summed E-state index contributed by atoms with van der Waals surface area (Å²) in [4.78, 5) is 12.2. The van der Waals surface area contributed by atoms with Crippen molar-refractivity contribution < 1.29 is 29.5 Å². The van der Waals surface area contributed by atoms with Gasteiger partial charge in [-0.3, -0.25) is 0 Å². The average molecular weight is 315 g/mol. The Morgan fingerprint density at radius 3 is 2.73 bits per heavy atom. The van der Waals surface area contributed by atoms with Crippen molar-refractivity contribution in [3.05, 3.63) is 16.9 Å². The van der Waals surface area contributed by atoms with Crippen LogP contribution in [0.5, 0.6) is 0 Å². The van der Waals surface area contributed by atoms with Gasteiger partial charge in [-0.25, -0.2) is 4.79 Å². The zero-order valence-electron chi connectivity index (χ0n) is 13.2. The molecule has 7 heteroatoms. The molecule has 0 spiro atoms. The third-order valence-corrected chi connectivity index (χ3v) is 4.93. The zero-order chi connectivity index (χ0) is 16.7. The molecule has 2 rings (SSSR count). The van der Waals surface area contributed by atoms with Crippen LogP contribution >= 0.6 is 0 Å². The van der Waals surface area contributed by atoms with Crippen LogP contribution in [-0.4, -0.2) is 69.5 Å². The van der Waals surface area contributed by atoms with Crippen molar-refractivity contribution in [1.29, 1.82) is 0 Å². The molecule has 2 aliphatic heterocycles. The van der Waals surface area contributed by atoms with E-state index in [1.807, 2.05) is 0 Å². The molecule has 1 fully saturated rings. The Morgan fingerprint density at radius 2 is 2.18 bits per heavy atom. The summed E-state index contributed by atoms with van der Waals surface area (Å²) < 4.78 is 4.64. The lowest BCUT2D eigenvalue weighted by Crippen LogP contribution is -2.53. The van der Waals surface area contributed by atoms with Gasteiger partial charge in [-0.2, -0.15) is 0 Å². The van der Waals surface area contributed by atoms with E-state index in [2.05, 4.69) is 0 Å². The fourth-order valence-corrected chi connectivity index (χ4v) is 3.41. The molecule has 3 N–H and O–H groups in total. The lowest BCUT2D eigenvalue weighted by atomic mass is 9.85. The van der Waals surface area contributed by atoms with Crippen LogP contribution < -0.4 is 0 Å². The smallest absolute Gasteiger partial charge is 0.341 e. The highest BCUT2D eigenvalue weighted by Gasteiger charge is 2.49. The Hall–Kier alpha value is -0.990. The summed E-state index contributed by atoms with van der Waals surface area (Å²) in [6, 6.07) is -0.591. The number of hydrogen-bond donors (Lipinski definition) is 3. The zero-order valence-corrected chi connectivity index (χ0v) is 13.2. The number of carbonyl (C=O) groups excluding carboxylic acids is 1. The van der Waals surface area contributed by atoms with Gasteiger partial charge in [0.15, 0.2) is 5.60 Å². The number of aliphatic hydroxyl groups excluding tert-OH is 2. The lowest BCUT2D eigenvalue weighted by molar-refractivity contribution is -0.877. The first-order valence-electron chi connectivity index (χ1n) is 7.65. The van der Waals surface area contributed by atoms with E-state index < -0.39 is 40.4 Å². The largest absolute Gasteiger partial charge is 0.632 e. The van der Waals surface area contributed by atoms with Gasteiger partial charge in [0.1, 0.15) is 18.8 Å². The number of fused-ring (bicyclic) bond motifs is 1. The summed E-state index contributed by atoms with van der Waals surface area (Å²) in [5.74, 6) is -1.44. The van der Waals surface area contributed by atoms with Crippen LogP contribution in [0.1, 0.15) is 27.2 Å². The van der Waals surface area contributed by atoms with E-state index in [-0.39, 0.29) is 13.2 Å². The highest BCUT2D eigenvalue weighted by molar-refractivity contribution is 5.80. The van der Waals surface area contributed by atoms with Crippen molar-refractivity contribution in [2.75, 3.05) is 19.7 Å². The highest BCUT2D eigenvalue weighted by Crippen LogP contribution is 2.36. The molecule has 7 nitrogen and oxygen atoms in total. The Balaban J connectivity index is 2.03. The number of hydroxylamine groups is 3. The Morgan fingerprint density at radius 1 is 1.55 bits per heavy atom. The predicted octanol–water partition coefficient (Wildman–Crippen LogP) is -0.315. The Labute approximate surface area is 130 Å². The fourth-order valence-electron chi connectivity index (χ4n) is 3.41. The molecule has 0 saturated carbocycles. The van der Waals surface area contributed by atoms with Crippen LogP contribution in [0.4, 0.5) is 0 Å². The summed E-state index contributed by atoms with van der Waals surface area (Å²) in [6.45, 7) is 5.02. The van der Waals surface area contributed by atoms with Crippen molar-refractivity contribution in [3.8, 4) is 0 Å². The van der Waals surface area contributed by atoms with Crippen LogP contribution in [0, 0.1) is 11.1 Å². The summed E-state index contributed by atoms with van der Waals surface area (Å²) in [6.07, 6.45) is 0.127. The lowest BCUT2D eigenvalue weighted by Gasteiger charge is -2.40. The molecule has 22 heavy (non-hydrogen) atoms. The maximum Gasteiger partial charge on any atom is 0.341 e. The van der Waals surface area contributed by atoms with E-state index in [0.29, 0.717) is 18.5 Å². The van der Waals surface area contributed by atoms with Gasteiger partial charge in [-0.05, 0) is 18.9 Å². The second kappa shape index (κ2) is 5.90. The van der Waals surface area contributed by atoms with Crippen LogP contribution in [0.25, 0.3) is 0 Å². The molecule has 0 radical (unpaired) electrons. The van der Waals surface area contributed by atoms with Crippen LogP contribution in [0.2, 0.25) is 0 Å². The summed E-state index contributed by atoms with van der Waals surface area (Å²) >= 11 is 0. The van der Waals surface area contributed by atoms with Crippen molar-refractivity contribution in [3.63, 3.8) is 0 Å². The quantitative estimate of drug-likeness (QED) is 0.278. The number of hydrogen-bond acceptors (Lipinski definition) is 6. The van der Waals surface area contributed by atoms with E-state index in [0.717, 1.165) is 0 Å². The first kappa shape index (κ1) is 17.4. The Kier molecular flexibility index (Phi) is 4.66. The number of quaternary nitrogens is 1.